The Morgan fingerprint density at radius 3 is 2.32 bits per heavy atom. The number of hydrogen-bond donors (Lipinski definition) is 1. The zero-order valence-electron chi connectivity index (χ0n) is 14.5. The number of carbonyl (C=O) groups is 1. The van der Waals surface area contributed by atoms with E-state index in [0.717, 1.165) is 51.7 Å². The van der Waals surface area contributed by atoms with Crippen LogP contribution < -0.4 is 0 Å². The van der Waals surface area contributed by atoms with Crippen LogP contribution in [0.15, 0.2) is 0 Å². The van der Waals surface area contributed by atoms with Crippen LogP contribution in [0.3, 0.4) is 0 Å². The maximum absolute atomic E-state index is 12.1. The van der Waals surface area contributed by atoms with E-state index in [1.54, 1.807) is 0 Å². The summed E-state index contributed by atoms with van der Waals surface area (Å²) in [6, 6.07) is 0.782. The number of likely N-dealkylation sites (N-methyl/N-ethyl adjacent to an activating group) is 1. The van der Waals surface area contributed by atoms with Crippen molar-refractivity contribution in [1.82, 2.24) is 9.80 Å². The van der Waals surface area contributed by atoms with Crippen LogP contribution in [0.4, 0.5) is 4.79 Å². The van der Waals surface area contributed by atoms with Gasteiger partial charge in [-0.15, -0.1) is 0 Å². The van der Waals surface area contributed by atoms with Gasteiger partial charge in [-0.3, -0.25) is 4.90 Å². The minimum absolute atomic E-state index is 0.177. The highest BCUT2D eigenvalue weighted by molar-refractivity contribution is 5.68. The van der Waals surface area contributed by atoms with Crippen molar-refractivity contribution in [2.75, 3.05) is 19.6 Å². The Kier molecular flexibility index (Phi) is 5.72. The largest absolute Gasteiger partial charge is 0.444 e. The maximum Gasteiger partial charge on any atom is 0.410 e. The van der Waals surface area contributed by atoms with Crippen LogP contribution in [0, 0.1) is 0 Å². The molecule has 22 heavy (non-hydrogen) atoms. The number of carbonyl (C=O) groups excluding carboxylic acids is 1. The highest BCUT2D eigenvalue weighted by atomic mass is 16.6. The van der Waals surface area contributed by atoms with Crippen LogP contribution in [0.2, 0.25) is 0 Å². The van der Waals surface area contributed by atoms with Crippen molar-refractivity contribution in [3.05, 3.63) is 0 Å². The number of aliphatic hydroxyl groups excluding tert-OH is 1. The van der Waals surface area contributed by atoms with Gasteiger partial charge in [0.05, 0.1) is 6.10 Å². The van der Waals surface area contributed by atoms with E-state index < -0.39 is 5.60 Å². The van der Waals surface area contributed by atoms with Crippen molar-refractivity contribution in [2.45, 2.75) is 83.6 Å². The highest BCUT2D eigenvalue weighted by Gasteiger charge is 2.36. The molecule has 0 unspecified atom stereocenters. The molecule has 1 amide bonds. The molecule has 2 aliphatic rings. The second-order valence-electron chi connectivity index (χ2n) is 7.59. The van der Waals surface area contributed by atoms with E-state index in [1.165, 1.54) is 0 Å². The normalized spacial score (nSPS) is 27.5. The summed E-state index contributed by atoms with van der Waals surface area (Å²) < 4.78 is 5.45. The molecular weight excluding hydrogens is 280 g/mol. The molecule has 0 bridgehead atoms. The number of hydrogen-bond acceptors (Lipinski definition) is 4. The molecule has 1 heterocycles. The lowest BCUT2D eigenvalue weighted by molar-refractivity contribution is 0.000907. The van der Waals surface area contributed by atoms with Gasteiger partial charge in [0.25, 0.3) is 0 Å². The average molecular weight is 312 g/mol. The van der Waals surface area contributed by atoms with Crippen molar-refractivity contribution in [3.8, 4) is 0 Å². The number of amides is 1. The summed E-state index contributed by atoms with van der Waals surface area (Å²) in [6.45, 7) is 10.3. The van der Waals surface area contributed by atoms with Crippen LogP contribution in [0.25, 0.3) is 0 Å². The summed E-state index contributed by atoms with van der Waals surface area (Å²) in [7, 11) is 0. The van der Waals surface area contributed by atoms with Crippen molar-refractivity contribution >= 4 is 6.09 Å². The van der Waals surface area contributed by atoms with Gasteiger partial charge >= 0.3 is 6.09 Å². The van der Waals surface area contributed by atoms with Gasteiger partial charge in [-0.05, 0) is 59.4 Å². The summed E-state index contributed by atoms with van der Waals surface area (Å²) in [4.78, 5) is 16.4. The first-order chi connectivity index (χ1) is 10.3. The molecule has 5 nitrogen and oxygen atoms in total. The molecule has 1 saturated carbocycles. The molecule has 0 aromatic rings. The molecule has 5 heteroatoms. The van der Waals surface area contributed by atoms with Gasteiger partial charge < -0.3 is 14.7 Å². The second kappa shape index (κ2) is 7.18. The molecule has 2 fully saturated rings. The van der Waals surface area contributed by atoms with E-state index >= 15 is 0 Å². The Morgan fingerprint density at radius 2 is 1.86 bits per heavy atom. The van der Waals surface area contributed by atoms with Gasteiger partial charge in [0.15, 0.2) is 0 Å². The molecule has 2 rings (SSSR count). The standard InChI is InChI=1S/C17H32N2O3/c1-5-19(14-7-6-8-15(14)20)13-9-11-18(12-10-13)16(21)22-17(2,3)4/h13-15,20H,5-12H2,1-4H3/t14-,15-/m1/s1. The molecule has 128 valence electrons. The Bertz CT molecular complexity index is 373. The lowest BCUT2D eigenvalue weighted by Gasteiger charge is -2.42. The molecule has 0 radical (unpaired) electrons. The fourth-order valence-electron chi connectivity index (χ4n) is 3.78. The summed E-state index contributed by atoms with van der Waals surface area (Å²) >= 11 is 0. The monoisotopic (exact) mass is 312 g/mol. The van der Waals surface area contributed by atoms with E-state index in [0.29, 0.717) is 12.1 Å². The smallest absolute Gasteiger partial charge is 0.410 e. The van der Waals surface area contributed by atoms with Crippen LogP contribution in [0.1, 0.15) is 59.8 Å². The van der Waals surface area contributed by atoms with E-state index in [2.05, 4.69) is 11.8 Å². The third-order valence-corrected chi connectivity index (χ3v) is 4.82. The van der Waals surface area contributed by atoms with Crippen LogP contribution in [-0.2, 0) is 4.74 Å². The lowest BCUT2D eigenvalue weighted by atomic mass is 10.00. The zero-order valence-corrected chi connectivity index (χ0v) is 14.5. The molecule has 1 aliphatic carbocycles. The number of aliphatic hydroxyl groups is 1. The number of rotatable bonds is 3. The number of ether oxygens (including phenoxy) is 1. The number of piperidine rings is 1. The third-order valence-electron chi connectivity index (χ3n) is 4.82. The zero-order chi connectivity index (χ0) is 16.3. The molecule has 2 atom stereocenters. The van der Waals surface area contributed by atoms with Crippen LogP contribution in [0.5, 0.6) is 0 Å². The average Bonchev–Trinajstić information content (AvgIpc) is 2.85. The van der Waals surface area contributed by atoms with Crippen LogP contribution in [-0.4, -0.2) is 64.4 Å². The Balaban J connectivity index is 1.86. The third kappa shape index (κ3) is 4.35. The first kappa shape index (κ1) is 17.5. The Labute approximate surface area is 134 Å². The van der Waals surface area contributed by atoms with Crippen molar-refractivity contribution < 1.29 is 14.6 Å². The first-order valence-electron chi connectivity index (χ1n) is 8.73. The van der Waals surface area contributed by atoms with Gasteiger partial charge in [0.1, 0.15) is 5.60 Å². The summed E-state index contributed by atoms with van der Waals surface area (Å²) in [6.07, 6.45) is 4.71. The minimum atomic E-state index is -0.433. The number of likely N-dealkylation sites (tertiary alicyclic amines) is 1. The minimum Gasteiger partial charge on any atom is -0.444 e. The van der Waals surface area contributed by atoms with Gasteiger partial charge in [-0.2, -0.15) is 0 Å². The summed E-state index contributed by atoms with van der Waals surface area (Å²) in [5.41, 5.74) is -0.433. The van der Waals surface area contributed by atoms with E-state index in [-0.39, 0.29) is 12.2 Å². The lowest BCUT2D eigenvalue weighted by Crippen LogP contribution is -2.52. The van der Waals surface area contributed by atoms with Gasteiger partial charge in [0.2, 0.25) is 0 Å². The fourth-order valence-corrected chi connectivity index (χ4v) is 3.78. The summed E-state index contributed by atoms with van der Waals surface area (Å²) in [5.74, 6) is 0. The summed E-state index contributed by atoms with van der Waals surface area (Å²) in [5, 5.41) is 10.2. The molecule has 1 N–H and O–H groups in total. The van der Waals surface area contributed by atoms with Gasteiger partial charge in [0, 0.05) is 25.2 Å². The van der Waals surface area contributed by atoms with E-state index in [1.807, 2.05) is 25.7 Å². The van der Waals surface area contributed by atoms with E-state index in [4.69, 9.17) is 4.74 Å². The predicted molar refractivity (Wildman–Crippen MR) is 86.9 cm³/mol. The van der Waals surface area contributed by atoms with Crippen molar-refractivity contribution in [2.24, 2.45) is 0 Å². The Morgan fingerprint density at radius 1 is 1.23 bits per heavy atom. The molecular formula is C17H32N2O3. The SMILES string of the molecule is CCN(C1CCN(C(=O)OC(C)(C)C)CC1)[C@@H]1CCC[C@H]1O. The molecule has 0 aromatic heterocycles. The van der Waals surface area contributed by atoms with Crippen molar-refractivity contribution in [1.29, 1.82) is 0 Å². The second-order valence-corrected chi connectivity index (χ2v) is 7.59. The first-order valence-corrected chi connectivity index (χ1v) is 8.73. The quantitative estimate of drug-likeness (QED) is 0.870. The molecule has 1 aliphatic heterocycles. The molecule has 0 aromatic carbocycles. The maximum atomic E-state index is 12.1. The van der Waals surface area contributed by atoms with Crippen LogP contribution >= 0.6 is 0 Å². The Hall–Kier alpha value is -0.810. The molecule has 1 saturated heterocycles. The molecule has 0 spiro atoms. The highest BCUT2D eigenvalue weighted by Crippen LogP contribution is 2.29. The van der Waals surface area contributed by atoms with E-state index in [9.17, 15) is 9.90 Å². The fraction of sp³-hybridized carbons (Fsp3) is 0.941. The predicted octanol–water partition coefficient (Wildman–Crippen LogP) is 2.62. The van der Waals surface area contributed by atoms with Crippen molar-refractivity contribution in [3.63, 3.8) is 0 Å². The topological polar surface area (TPSA) is 53.0 Å². The number of nitrogens with zero attached hydrogens (tertiary/aromatic N) is 2. The van der Waals surface area contributed by atoms with Gasteiger partial charge in [-0.1, -0.05) is 6.92 Å². The van der Waals surface area contributed by atoms with Gasteiger partial charge in [-0.25, -0.2) is 4.79 Å².